The van der Waals surface area contributed by atoms with E-state index in [1.54, 1.807) is 12.3 Å². The van der Waals surface area contributed by atoms with Gasteiger partial charge >= 0.3 is 6.18 Å². The number of aryl methyl sites for hydroxylation is 1. The standard InChI is InChI=1S/C13H12F3N5/c1-3-10(13(14,15)16)18-7-11-19-6-9(21-11)12-17-5-4-8(2)20-12/h3-7H,1-2H3,(H,19,21)/b10-3-,18-7?. The molecule has 0 unspecified atom stereocenters. The molecule has 0 saturated carbocycles. The summed E-state index contributed by atoms with van der Waals surface area (Å²) in [6.45, 7) is 3.08. The second-order valence-electron chi connectivity index (χ2n) is 4.13. The van der Waals surface area contributed by atoms with Gasteiger partial charge in [0.25, 0.3) is 0 Å². The van der Waals surface area contributed by atoms with E-state index in [4.69, 9.17) is 0 Å². The van der Waals surface area contributed by atoms with E-state index >= 15 is 0 Å². The van der Waals surface area contributed by atoms with Gasteiger partial charge in [0.05, 0.1) is 12.4 Å². The molecule has 1 N–H and O–H groups in total. The molecule has 0 spiro atoms. The zero-order chi connectivity index (χ0) is 15.5. The highest BCUT2D eigenvalue weighted by Crippen LogP contribution is 2.26. The maximum absolute atomic E-state index is 12.5. The van der Waals surface area contributed by atoms with Crippen molar-refractivity contribution in [3.8, 4) is 11.5 Å². The van der Waals surface area contributed by atoms with Gasteiger partial charge in [0.1, 0.15) is 17.2 Å². The van der Waals surface area contributed by atoms with Crippen LogP contribution in [0.15, 0.2) is 35.2 Å². The van der Waals surface area contributed by atoms with E-state index < -0.39 is 11.9 Å². The van der Waals surface area contributed by atoms with E-state index in [2.05, 4.69) is 24.9 Å². The minimum Gasteiger partial charge on any atom is -0.335 e. The predicted octanol–water partition coefficient (Wildman–Crippen LogP) is 3.06. The summed E-state index contributed by atoms with van der Waals surface area (Å²) >= 11 is 0. The zero-order valence-electron chi connectivity index (χ0n) is 11.3. The van der Waals surface area contributed by atoms with Gasteiger partial charge < -0.3 is 4.98 Å². The number of hydrogen-bond donors (Lipinski definition) is 1. The number of aromatic amines is 1. The van der Waals surface area contributed by atoms with Crippen LogP contribution in [0.2, 0.25) is 0 Å². The molecule has 0 saturated heterocycles. The monoisotopic (exact) mass is 295 g/mol. The van der Waals surface area contributed by atoms with Crippen LogP contribution in [-0.2, 0) is 0 Å². The van der Waals surface area contributed by atoms with Crippen LogP contribution in [-0.4, -0.2) is 32.3 Å². The summed E-state index contributed by atoms with van der Waals surface area (Å²) in [4.78, 5) is 18.4. The summed E-state index contributed by atoms with van der Waals surface area (Å²) < 4.78 is 37.5. The molecule has 0 aliphatic carbocycles. The molecular weight excluding hydrogens is 283 g/mol. The fourth-order valence-electron chi connectivity index (χ4n) is 1.54. The number of nitrogens with zero attached hydrogens (tertiary/aromatic N) is 4. The van der Waals surface area contributed by atoms with Gasteiger partial charge in [-0.15, -0.1) is 0 Å². The highest BCUT2D eigenvalue weighted by molar-refractivity contribution is 5.76. The molecule has 0 bridgehead atoms. The average molecular weight is 295 g/mol. The molecule has 5 nitrogen and oxygen atoms in total. The smallest absolute Gasteiger partial charge is 0.335 e. The number of hydrogen-bond acceptors (Lipinski definition) is 4. The lowest BCUT2D eigenvalue weighted by Crippen LogP contribution is -2.10. The molecule has 8 heteroatoms. The van der Waals surface area contributed by atoms with Crippen LogP contribution in [0.1, 0.15) is 18.4 Å². The third-order valence-electron chi connectivity index (χ3n) is 2.52. The Morgan fingerprint density at radius 2 is 2.10 bits per heavy atom. The van der Waals surface area contributed by atoms with E-state index in [0.717, 1.165) is 18.0 Å². The molecule has 2 heterocycles. The lowest BCUT2D eigenvalue weighted by molar-refractivity contribution is -0.0923. The van der Waals surface area contributed by atoms with Gasteiger partial charge in [0.2, 0.25) is 0 Å². The molecule has 0 atom stereocenters. The third kappa shape index (κ3) is 3.74. The van der Waals surface area contributed by atoms with Gasteiger partial charge in [0, 0.05) is 11.9 Å². The fourth-order valence-corrected chi connectivity index (χ4v) is 1.54. The van der Waals surface area contributed by atoms with Gasteiger partial charge in [0.15, 0.2) is 5.82 Å². The van der Waals surface area contributed by atoms with Crippen molar-refractivity contribution >= 4 is 6.21 Å². The van der Waals surface area contributed by atoms with Crippen LogP contribution in [0, 0.1) is 6.92 Å². The molecule has 2 rings (SSSR count). The quantitative estimate of drug-likeness (QED) is 0.885. The average Bonchev–Trinajstić information content (AvgIpc) is 2.87. The van der Waals surface area contributed by atoms with Crippen molar-refractivity contribution in [2.75, 3.05) is 0 Å². The van der Waals surface area contributed by atoms with Crippen molar-refractivity contribution < 1.29 is 13.2 Å². The first-order valence-corrected chi connectivity index (χ1v) is 6.02. The molecular formula is C13H12F3N5. The Morgan fingerprint density at radius 1 is 1.33 bits per heavy atom. The lowest BCUT2D eigenvalue weighted by Gasteiger charge is -2.04. The zero-order valence-corrected chi connectivity index (χ0v) is 11.3. The summed E-state index contributed by atoms with van der Waals surface area (Å²) in [7, 11) is 0. The van der Waals surface area contributed by atoms with Crippen LogP contribution < -0.4 is 0 Å². The molecule has 0 amide bonds. The largest absolute Gasteiger partial charge is 0.433 e. The van der Waals surface area contributed by atoms with Gasteiger partial charge in [-0.3, -0.25) is 0 Å². The van der Waals surface area contributed by atoms with E-state index in [0.29, 0.717) is 11.5 Å². The molecule has 0 aliphatic heterocycles. The van der Waals surface area contributed by atoms with Crippen molar-refractivity contribution in [1.29, 1.82) is 0 Å². The van der Waals surface area contributed by atoms with Crippen molar-refractivity contribution in [2.45, 2.75) is 20.0 Å². The van der Waals surface area contributed by atoms with Crippen molar-refractivity contribution in [2.24, 2.45) is 4.99 Å². The number of imidazole rings is 1. The van der Waals surface area contributed by atoms with Crippen molar-refractivity contribution in [3.05, 3.63) is 41.8 Å². The first kappa shape index (κ1) is 14.9. The minimum absolute atomic E-state index is 0.193. The van der Waals surface area contributed by atoms with Crippen LogP contribution >= 0.6 is 0 Å². The summed E-state index contributed by atoms with van der Waals surface area (Å²) in [6.07, 6.45) is 0.458. The predicted molar refractivity (Wildman–Crippen MR) is 71.8 cm³/mol. The number of alkyl halides is 3. The molecule has 0 aliphatic rings. The Morgan fingerprint density at radius 3 is 2.71 bits per heavy atom. The SMILES string of the molecule is C/C=C(\N=Cc1ncc(-c2nccc(C)n2)[nH]1)C(F)(F)F. The Hall–Kier alpha value is -2.51. The van der Waals surface area contributed by atoms with Gasteiger partial charge in [-0.2, -0.15) is 13.2 Å². The van der Waals surface area contributed by atoms with E-state index in [1.807, 2.05) is 6.92 Å². The molecule has 0 fully saturated rings. The number of halogens is 3. The molecule has 21 heavy (non-hydrogen) atoms. The number of H-pyrrole nitrogens is 1. The molecule has 0 radical (unpaired) electrons. The van der Waals surface area contributed by atoms with Crippen LogP contribution in [0.5, 0.6) is 0 Å². The Labute approximate surface area is 118 Å². The number of aliphatic imine (C=N–C) groups is 1. The van der Waals surface area contributed by atoms with E-state index in [1.165, 1.54) is 13.1 Å². The second-order valence-corrected chi connectivity index (χ2v) is 4.13. The van der Waals surface area contributed by atoms with Gasteiger partial charge in [-0.05, 0) is 19.9 Å². The molecule has 2 aromatic rings. The van der Waals surface area contributed by atoms with Crippen LogP contribution in [0.4, 0.5) is 13.2 Å². The Kier molecular flexibility index (Phi) is 4.15. The number of aromatic nitrogens is 4. The normalized spacial score (nSPS) is 13.1. The highest BCUT2D eigenvalue weighted by atomic mass is 19.4. The number of allylic oxidation sites excluding steroid dienone is 2. The van der Waals surface area contributed by atoms with E-state index in [9.17, 15) is 13.2 Å². The van der Waals surface area contributed by atoms with Gasteiger partial charge in [-0.25, -0.2) is 19.9 Å². The van der Waals surface area contributed by atoms with E-state index in [-0.39, 0.29) is 5.82 Å². The first-order valence-electron chi connectivity index (χ1n) is 6.02. The summed E-state index contributed by atoms with van der Waals surface area (Å²) in [5.41, 5.74) is 0.305. The fraction of sp³-hybridized carbons (Fsp3) is 0.231. The highest BCUT2D eigenvalue weighted by Gasteiger charge is 2.32. The second kappa shape index (κ2) is 5.86. The molecule has 0 aromatic carbocycles. The van der Waals surface area contributed by atoms with Crippen molar-refractivity contribution in [1.82, 2.24) is 19.9 Å². The first-order chi connectivity index (χ1) is 9.90. The van der Waals surface area contributed by atoms with Gasteiger partial charge in [-0.1, -0.05) is 6.08 Å². The summed E-state index contributed by atoms with van der Waals surface area (Å²) in [5, 5.41) is 0. The topological polar surface area (TPSA) is 66.8 Å². The lowest BCUT2D eigenvalue weighted by atomic mass is 10.4. The molecule has 110 valence electrons. The summed E-state index contributed by atoms with van der Waals surface area (Å²) in [6, 6.07) is 1.74. The maximum atomic E-state index is 12.5. The Balaban J connectivity index is 2.21. The third-order valence-corrected chi connectivity index (χ3v) is 2.52. The number of nitrogens with one attached hydrogen (secondary N) is 1. The minimum atomic E-state index is -4.49. The number of rotatable bonds is 3. The van der Waals surface area contributed by atoms with Crippen molar-refractivity contribution in [3.63, 3.8) is 0 Å². The van der Waals surface area contributed by atoms with Crippen LogP contribution in [0.3, 0.4) is 0 Å². The van der Waals surface area contributed by atoms with Crippen LogP contribution in [0.25, 0.3) is 11.5 Å². The maximum Gasteiger partial charge on any atom is 0.433 e. The summed E-state index contributed by atoms with van der Waals surface area (Å²) in [5.74, 6) is 0.614. The molecule has 2 aromatic heterocycles. The Bertz CT molecular complexity index is 685.